The van der Waals surface area contributed by atoms with E-state index in [1.54, 1.807) is 0 Å². The number of allylic oxidation sites excluding steroid dienone is 1. The summed E-state index contributed by atoms with van der Waals surface area (Å²) in [4.78, 5) is 10.6. The van der Waals surface area contributed by atoms with E-state index < -0.39 is 5.97 Å². The number of benzene rings is 1. The van der Waals surface area contributed by atoms with E-state index in [2.05, 4.69) is 0 Å². The number of hydrogen-bond acceptors (Lipinski definition) is 1. The summed E-state index contributed by atoms with van der Waals surface area (Å²) in [5, 5.41) is 8.67. The number of aryl methyl sites for hydroxylation is 1. The Morgan fingerprint density at radius 3 is 2.87 bits per heavy atom. The Morgan fingerprint density at radius 1 is 1.47 bits per heavy atom. The van der Waals surface area contributed by atoms with Gasteiger partial charge in [0.15, 0.2) is 0 Å². The zero-order valence-corrected chi connectivity index (χ0v) is 8.38. The lowest BCUT2D eigenvalue weighted by Gasteiger charge is -2.04. The molecule has 0 amide bonds. The van der Waals surface area contributed by atoms with Crippen LogP contribution in [0.25, 0.3) is 5.57 Å². The third-order valence-corrected chi connectivity index (χ3v) is 2.73. The third kappa shape index (κ3) is 1.77. The van der Waals surface area contributed by atoms with Gasteiger partial charge in [0.05, 0.1) is 0 Å². The number of rotatable bonds is 1. The number of carboxylic acid groups (broad SMARTS) is 1. The molecule has 0 fully saturated rings. The maximum absolute atomic E-state index is 13.2. The molecule has 1 aromatic carbocycles. The highest BCUT2D eigenvalue weighted by atomic mass is 19.1. The summed E-state index contributed by atoms with van der Waals surface area (Å²) < 4.78 is 13.2. The average molecular weight is 206 g/mol. The minimum Gasteiger partial charge on any atom is -0.478 e. The Labute approximate surface area is 87.0 Å². The lowest BCUT2D eigenvalue weighted by atomic mass is 10.0. The summed E-state index contributed by atoms with van der Waals surface area (Å²) in [6, 6.07) is 2.91. The Morgan fingerprint density at radius 2 is 2.20 bits per heavy atom. The first-order chi connectivity index (χ1) is 7.08. The molecular formula is C12H11FO2. The first-order valence-corrected chi connectivity index (χ1v) is 4.81. The van der Waals surface area contributed by atoms with Crippen molar-refractivity contribution in [3.63, 3.8) is 0 Å². The fourth-order valence-electron chi connectivity index (χ4n) is 2.08. The lowest BCUT2D eigenvalue weighted by molar-refractivity contribution is -0.131. The number of carbonyl (C=O) groups is 1. The highest BCUT2D eigenvalue weighted by Gasteiger charge is 2.19. The van der Waals surface area contributed by atoms with E-state index in [9.17, 15) is 9.18 Å². The molecule has 0 aromatic heterocycles. The van der Waals surface area contributed by atoms with Gasteiger partial charge in [-0.15, -0.1) is 0 Å². The van der Waals surface area contributed by atoms with Crippen molar-refractivity contribution in [2.45, 2.75) is 19.8 Å². The highest BCUT2D eigenvalue weighted by Crippen LogP contribution is 2.34. The summed E-state index contributed by atoms with van der Waals surface area (Å²) in [5.74, 6) is -1.27. The summed E-state index contributed by atoms with van der Waals surface area (Å²) in [5.41, 5.74) is 3.46. The van der Waals surface area contributed by atoms with Gasteiger partial charge >= 0.3 is 5.97 Å². The zero-order chi connectivity index (χ0) is 11.0. The van der Waals surface area contributed by atoms with Gasteiger partial charge in [0.2, 0.25) is 0 Å². The number of hydrogen-bond donors (Lipinski definition) is 1. The molecule has 0 spiro atoms. The molecule has 2 nitrogen and oxygen atoms in total. The van der Waals surface area contributed by atoms with Crippen molar-refractivity contribution in [1.29, 1.82) is 0 Å². The fraction of sp³-hybridized carbons (Fsp3) is 0.250. The summed E-state index contributed by atoms with van der Waals surface area (Å²) in [6.45, 7) is 1.85. The normalized spacial score (nSPS) is 16.8. The molecule has 0 aliphatic heterocycles. The van der Waals surface area contributed by atoms with Crippen LogP contribution in [0.3, 0.4) is 0 Å². The maximum Gasteiger partial charge on any atom is 0.328 e. The van der Waals surface area contributed by atoms with Crippen molar-refractivity contribution in [2.24, 2.45) is 0 Å². The van der Waals surface area contributed by atoms with Crippen LogP contribution in [-0.4, -0.2) is 11.1 Å². The monoisotopic (exact) mass is 206 g/mol. The average Bonchev–Trinajstić information content (AvgIpc) is 2.48. The molecule has 0 saturated carbocycles. The molecule has 1 N–H and O–H groups in total. The minimum absolute atomic E-state index is 0.301. The molecule has 0 saturated heterocycles. The smallest absolute Gasteiger partial charge is 0.328 e. The van der Waals surface area contributed by atoms with Gasteiger partial charge < -0.3 is 5.11 Å². The molecule has 3 heteroatoms. The van der Waals surface area contributed by atoms with Gasteiger partial charge in [-0.1, -0.05) is 0 Å². The molecule has 1 aromatic rings. The summed E-state index contributed by atoms with van der Waals surface area (Å²) in [7, 11) is 0. The van der Waals surface area contributed by atoms with E-state index in [-0.39, 0.29) is 5.82 Å². The van der Waals surface area contributed by atoms with Gasteiger partial charge in [0, 0.05) is 6.08 Å². The molecular weight excluding hydrogens is 195 g/mol. The first-order valence-electron chi connectivity index (χ1n) is 4.81. The van der Waals surface area contributed by atoms with Crippen molar-refractivity contribution in [1.82, 2.24) is 0 Å². The van der Waals surface area contributed by atoms with Crippen LogP contribution in [0, 0.1) is 12.7 Å². The fourth-order valence-corrected chi connectivity index (χ4v) is 2.08. The Hall–Kier alpha value is -1.64. The molecule has 0 radical (unpaired) electrons. The van der Waals surface area contributed by atoms with Gasteiger partial charge in [-0.25, -0.2) is 9.18 Å². The van der Waals surface area contributed by atoms with Gasteiger partial charge in [-0.3, -0.25) is 0 Å². The number of carboxylic acids is 1. The predicted octanol–water partition coefficient (Wildman–Crippen LogP) is 2.55. The van der Waals surface area contributed by atoms with Crippen LogP contribution < -0.4 is 0 Å². The molecule has 0 atom stereocenters. The van der Waals surface area contributed by atoms with Crippen LogP contribution in [0.15, 0.2) is 18.2 Å². The SMILES string of the molecule is Cc1cc(F)cc2c1CC/C2=C\C(=O)O. The molecule has 78 valence electrons. The van der Waals surface area contributed by atoms with Crippen molar-refractivity contribution in [3.05, 3.63) is 40.7 Å². The summed E-state index contributed by atoms with van der Waals surface area (Å²) in [6.07, 6.45) is 2.66. The second-order valence-corrected chi connectivity index (χ2v) is 3.76. The molecule has 15 heavy (non-hydrogen) atoms. The van der Waals surface area contributed by atoms with Gasteiger partial charge in [0.25, 0.3) is 0 Å². The number of fused-ring (bicyclic) bond motifs is 1. The second-order valence-electron chi connectivity index (χ2n) is 3.76. The topological polar surface area (TPSA) is 37.3 Å². The zero-order valence-electron chi connectivity index (χ0n) is 8.38. The predicted molar refractivity (Wildman–Crippen MR) is 55.1 cm³/mol. The van der Waals surface area contributed by atoms with Crippen LogP contribution in [0.1, 0.15) is 23.1 Å². The van der Waals surface area contributed by atoms with Crippen molar-refractivity contribution in [3.8, 4) is 0 Å². The molecule has 2 rings (SSSR count). The van der Waals surface area contributed by atoms with Crippen LogP contribution in [0.2, 0.25) is 0 Å². The van der Waals surface area contributed by atoms with Gasteiger partial charge in [0.1, 0.15) is 5.82 Å². The van der Waals surface area contributed by atoms with Gasteiger partial charge in [-0.05, 0) is 54.2 Å². The van der Waals surface area contributed by atoms with Gasteiger partial charge in [-0.2, -0.15) is 0 Å². The summed E-state index contributed by atoms with van der Waals surface area (Å²) >= 11 is 0. The second kappa shape index (κ2) is 3.50. The lowest BCUT2D eigenvalue weighted by Crippen LogP contribution is -1.92. The Balaban J connectivity index is 2.55. The van der Waals surface area contributed by atoms with Crippen LogP contribution in [0.4, 0.5) is 4.39 Å². The first kappa shape index (κ1) is 9.90. The van der Waals surface area contributed by atoms with Crippen molar-refractivity contribution < 1.29 is 14.3 Å². The number of halogens is 1. The van der Waals surface area contributed by atoms with Crippen molar-refractivity contribution >= 4 is 11.5 Å². The Bertz CT molecular complexity index is 461. The highest BCUT2D eigenvalue weighted by molar-refractivity contribution is 5.91. The molecule has 0 heterocycles. The Kier molecular flexibility index (Phi) is 2.31. The standard InChI is InChI=1S/C12H11FO2/c1-7-4-9(13)6-11-8(5-12(14)15)2-3-10(7)11/h4-6H,2-3H2,1H3,(H,14,15)/b8-5+. The van der Waals surface area contributed by atoms with E-state index in [1.807, 2.05) is 6.92 Å². The van der Waals surface area contributed by atoms with E-state index in [1.165, 1.54) is 18.2 Å². The molecule has 1 aliphatic rings. The molecule has 0 unspecified atom stereocenters. The van der Waals surface area contributed by atoms with Crippen molar-refractivity contribution in [2.75, 3.05) is 0 Å². The molecule has 1 aliphatic carbocycles. The van der Waals surface area contributed by atoms with E-state index in [0.717, 1.165) is 28.7 Å². The van der Waals surface area contributed by atoms with E-state index >= 15 is 0 Å². The minimum atomic E-state index is -0.972. The van der Waals surface area contributed by atoms with E-state index in [0.29, 0.717) is 6.42 Å². The van der Waals surface area contributed by atoms with Crippen LogP contribution >= 0.6 is 0 Å². The maximum atomic E-state index is 13.2. The van der Waals surface area contributed by atoms with Crippen LogP contribution in [-0.2, 0) is 11.2 Å². The number of aliphatic carboxylic acids is 1. The molecule has 0 bridgehead atoms. The largest absolute Gasteiger partial charge is 0.478 e. The van der Waals surface area contributed by atoms with Crippen LogP contribution in [0.5, 0.6) is 0 Å². The third-order valence-electron chi connectivity index (χ3n) is 2.73. The van der Waals surface area contributed by atoms with E-state index in [4.69, 9.17) is 5.11 Å². The quantitative estimate of drug-likeness (QED) is 0.717.